The van der Waals surface area contributed by atoms with Crippen molar-refractivity contribution in [1.29, 1.82) is 0 Å². The summed E-state index contributed by atoms with van der Waals surface area (Å²) >= 11 is 0. The second kappa shape index (κ2) is 7.58. The summed E-state index contributed by atoms with van der Waals surface area (Å²) in [4.78, 5) is 38.0. The first-order chi connectivity index (χ1) is 12.7. The van der Waals surface area contributed by atoms with Gasteiger partial charge in [-0.25, -0.2) is 4.79 Å². The monoisotopic (exact) mass is 373 g/mol. The Balaban J connectivity index is 1.61. The molecule has 1 aromatic rings. The normalized spacial score (nSPS) is 19.7. The SMILES string of the molecule is CC(C)(C)OC(=O)N1CCCC(C(=O)Nc2ccc3c(c2)CCC(=O)N3)C1. The second-order valence-corrected chi connectivity index (χ2v) is 8.17. The van der Waals surface area contributed by atoms with Crippen LogP contribution in [0.1, 0.15) is 45.6 Å². The molecule has 1 unspecified atom stereocenters. The molecule has 2 aliphatic heterocycles. The van der Waals surface area contributed by atoms with Gasteiger partial charge in [-0.2, -0.15) is 0 Å². The molecule has 2 N–H and O–H groups in total. The molecule has 1 aromatic carbocycles. The third-order valence-electron chi connectivity index (χ3n) is 4.71. The van der Waals surface area contributed by atoms with Crippen LogP contribution < -0.4 is 10.6 Å². The number of carbonyl (C=O) groups excluding carboxylic acids is 3. The van der Waals surface area contributed by atoms with E-state index < -0.39 is 5.60 Å². The van der Waals surface area contributed by atoms with Gasteiger partial charge in [0.15, 0.2) is 0 Å². The van der Waals surface area contributed by atoms with Crippen LogP contribution in [0, 0.1) is 5.92 Å². The Kier molecular flexibility index (Phi) is 5.39. The summed E-state index contributed by atoms with van der Waals surface area (Å²) < 4.78 is 5.42. The lowest BCUT2D eigenvalue weighted by molar-refractivity contribution is -0.121. The molecule has 1 fully saturated rings. The van der Waals surface area contributed by atoms with E-state index in [1.54, 1.807) is 11.0 Å². The number of nitrogens with one attached hydrogen (secondary N) is 2. The number of benzene rings is 1. The molecule has 1 saturated heterocycles. The highest BCUT2D eigenvalue weighted by atomic mass is 16.6. The van der Waals surface area contributed by atoms with E-state index in [4.69, 9.17) is 4.74 Å². The Hall–Kier alpha value is -2.57. The van der Waals surface area contributed by atoms with Crippen molar-refractivity contribution in [2.75, 3.05) is 23.7 Å². The summed E-state index contributed by atoms with van der Waals surface area (Å²) in [5, 5.41) is 5.78. The van der Waals surface area contributed by atoms with Crippen LogP contribution in [-0.2, 0) is 20.7 Å². The number of aryl methyl sites for hydroxylation is 1. The van der Waals surface area contributed by atoms with Crippen LogP contribution in [0.4, 0.5) is 16.2 Å². The number of amides is 3. The van der Waals surface area contributed by atoms with Gasteiger partial charge in [0.1, 0.15) is 5.60 Å². The zero-order valence-electron chi connectivity index (χ0n) is 16.1. The topological polar surface area (TPSA) is 87.7 Å². The van der Waals surface area contributed by atoms with E-state index in [0.29, 0.717) is 31.6 Å². The molecule has 0 aromatic heterocycles. The van der Waals surface area contributed by atoms with E-state index in [0.717, 1.165) is 24.1 Å². The molecular formula is C20H27N3O4. The fourth-order valence-corrected chi connectivity index (χ4v) is 3.39. The quantitative estimate of drug-likeness (QED) is 0.834. The van der Waals surface area contributed by atoms with E-state index in [-0.39, 0.29) is 23.8 Å². The molecule has 3 rings (SSSR count). The number of fused-ring (bicyclic) bond motifs is 1. The molecule has 0 bridgehead atoms. The van der Waals surface area contributed by atoms with Gasteiger partial charge in [-0.1, -0.05) is 0 Å². The number of carbonyl (C=O) groups is 3. The fourth-order valence-electron chi connectivity index (χ4n) is 3.39. The maximum Gasteiger partial charge on any atom is 0.410 e. The minimum absolute atomic E-state index is 0.0173. The van der Waals surface area contributed by atoms with Crippen LogP contribution in [0.25, 0.3) is 0 Å². The summed E-state index contributed by atoms with van der Waals surface area (Å²) in [7, 11) is 0. The largest absolute Gasteiger partial charge is 0.444 e. The van der Waals surface area contributed by atoms with Gasteiger partial charge in [0, 0.05) is 30.9 Å². The van der Waals surface area contributed by atoms with Crippen LogP contribution in [-0.4, -0.2) is 41.5 Å². The molecule has 0 radical (unpaired) electrons. The summed E-state index contributed by atoms with van der Waals surface area (Å²) in [6.07, 6.45) is 2.27. The van der Waals surface area contributed by atoms with Gasteiger partial charge in [0.05, 0.1) is 5.92 Å². The summed E-state index contributed by atoms with van der Waals surface area (Å²) in [5.41, 5.74) is 1.99. The number of rotatable bonds is 2. The van der Waals surface area contributed by atoms with Crippen LogP contribution in [0.5, 0.6) is 0 Å². The maximum atomic E-state index is 12.7. The molecule has 0 aliphatic carbocycles. The molecule has 1 atom stereocenters. The van der Waals surface area contributed by atoms with E-state index in [1.165, 1.54) is 0 Å². The standard InChI is InChI=1S/C20H27N3O4/c1-20(2,3)27-19(26)23-10-4-5-14(12-23)18(25)21-15-7-8-16-13(11-15)6-9-17(24)22-16/h7-8,11,14H,4-6,9-10,12H2,1-3H3,(H,21,25)(H,22,24). The summed E-state index contributed by atoms with van der Waals surface area (Å²) in [6, 6.07) is 5.51. The van der Waals surface area contributed by atoms with Crippen molar-refractivity contribution in [2.45, 2.75) is 52.1 Å². The highest BCUT2D eigenvalue weighted by molar-refractivity contribution is 5.96. The van der Waals surface area contributed by atoms with Crippen molar-refractivity contribution in [3.05, 3.63) is 23.8 Å². The van der Waals surface area contributed by atoms with E-state index in [9.17, 15) is 14.4 Å². The van der Waals surface area contributed by atoms with Crippen LogP contribution in [0.3, 0.4) is 0 Å². The molecule has 146 valence electrons. The zero-order valence-corrected chi connectivity index (χ0v) is 16.1. The van der Waals surface area contributed by atoms with Gasteiger partial charge in [-0.15, -0.1) is 0 Å². The molecule has 0 spiro atoms. The Bertz CT molecular complexity index is 754. The molecule has 0 saturated carbocycles. The molecule has 7 nitrogen and oxygen atoms in total. The minimum Gasteiger partial charge on any atom is -0.444 e. The number of anilines is 2. The summed E-state index contributed by atoms with van der Waals surface area (Å²) in [5.74, 6) is -0.339. The smallest absolute Gasteiger partial charge is 0.410 e. The van der Waals surface area contributed by atoms with E-state index in [2.05, 4.69) is 10.6 Å². The number of hydrogen-bond donors (Lipinski definition) is 2. The van der Waals surface area contributed by atoms with Crippen molar-refractivity contribution in [2.24, 2.45) is 5.92 Å². The molecule has 2 aliphatic rings. The Morgan fingerprint density at radius 2 is 2.04 bits per heavy atom. The number of piperidine rings is 1. The molecule has 3 amide bonds. The van der Waals surface area contributed by atoms with Crippen LogP contribution in [0.15, 0.2) is 18.2 Å². The Morgan fingerprint density at radius 1 is 1.26 bits per heavy atom. The highest BCUT2D eigenvalue weighted by Crippen LogP contribution is 2.27. The molecule has 7 heteroatoms. The lowest BCUT2D eigenvalue weighted by atomic mass is 9.97. The molecular weight excluding hydrogens is 346 g/mol. The Morgan fingerprint density at radius 3 is 2.78 bits per heavy atom. The highest BCUT2D eigenvalue weighted by Gasteiger charge is 2.31. The van der Waals surface area contributed by atoms with Crippen LogP contribution >= 0.6 is 0 Å². The van der Waals surface area contributed by atoms with Crippen molar-refractivity contribution in [1.82, 2.24) is 4.90 Å². The number of likely N-dealkylation sites (tertiary alicyclic amines) is 1. The zero-order chi connectivity index (χ0) is 19.6. The summed E-state index contributed by atoms with van der Waals surface area (Å²) in [6.45, 7) is 6.46. The van der Waals surface area contributed by atoms with Crippen LogP contribution in [0.2, 0.25) is 0 Å². The predicted molar refractivity (Wildman–Crippen MR) is 103 cm³/mol. The average molecular weight is 373 g/mol. The van der Waals surface area contributed by atoms with E-state index in [1.807, 2.05) is 32.9 Å². The van der Waals surface area contributed by atoms with Gasteiger partial charge in [0.2, 0.25) is 11.8 Å². The fraction of sp³-hybridized carbons (Fsp3) is 0.550. The number of nitrogens with zero attached hydrogens (tertiary/aromatic N) is 1. The Labute approximate surface area is 159 Å². The number of ether oxygens (including phenoxy) is 1. The first-order valence-electron chi connectivity index (χ1n) is 9.43. The van der Waals surface area contributed by atoms with Gasteiger partial charge >= 0.3 is 6.09 Å². The van der Waals surface area contributed by atoms with E-state index >= 15 is 0 Å². The van der Waals surface area contributed by atoms with Gasteiger partial charge in [0.25, 0.3) is 0 Å². The van der Waals surface area contributed by atoms with Crippen molar-refractivity contribution in [3.8, 4) is 0 Å². The lowest BCUT2D eigenvalue weighted by Crippen LogP contribution is -2.45. The van der Waals surface area contributed by atoms with Gasteiger partial charge in [-0.3, -0.25) is 9.59 Å². The van der Waals surface area contributed by atoms with Crippen molar-refractivity contribution >= 4 is 29.3 Å². The molecule has 27 heavy (non-hydrogen) atoms. The maximum absolute atomic E-state index is 12.7. The first kappa shape index (κ1) is 19.2. The van der Waals surface area contributed by atoms with Crippen molar-refractivity contribution in [3.63, 3.8) is 0 Å². The third kappa shape index (κ3) is 4.99. The predicted octanol–water partition coefficient (Wildman–Crippen LogP) is 3.16. The van der Waals surface area contributed by atoms with Gasteiger partial charge in [-0.05, 0) is 63.8 Å². The average Bonchev–Trinajstić information content (AvgIpc) is 2.60. The van der Waals surface area contributed by atoms with Crippen molar-refractivity contribution < 1.29 is 19.1 Å². The lowest BCUT2D eigenvalue weighted by Gasteiger charge is -2.33. The second-order valence-electron chi connectivity index (χ2n) is 8.17. The molecule has 2 heterocycles. The minimum atomic E-state index is -0.551. The third-order valence-corrected chi connectivity index (χ3v) is 4.71. The first-order valence-corrected chi connectivity index (χ1v) is 9.43. The number of hydrogen-bond acceptors (Lipinski definition) is 4. The van der Waals surface area contributed by atoms with Gasteiger partial charge < -0.3 is 20.3 Å².